The van der Waals surface area contributed by atoms with Gasteiger partial charge in [0.15, 0.2) is 0 Å². The summed E-state index contributed by atoms with van der Waals surface area (Å²) >= 11 is 0. The van der Waals surface area contributed by atoms with Crippen LogP contribution in [0.4, 0.5) is 4.79 Å². The van der Waals surface area contributed by atoms with Crippen LogP contribution in [0.2, 0.25) is 0 Å². The molecular formula is CAlClMgO3+2. The van der Waals surface area contributed by atoms with E-state index in [4.69, 9.17) is 15.0 Å². The second-order valence-electron chi connectivity index (χ2n) is 0.250. The van der Waals surface area contributed by atoms with Gasteiger partial charge in [0.25, 0.3) is 0 Å². The predicted octanol–water partition coefficient (Wildman–Crippen LogP) is -6.20. The fourth-order valence-electron chi connectivity index (χ4n) is 0. The maximum atomic E-state index is 8.33. The molecule has 0 aromatic heterocycles. The number of hydrogen-bond acceptors (Lipinski definition) is 3. The molecule has 0 fully saturated rings. The van der Waals surface area contributed by atoms with Crippen LogP contribution in [0.15, 0.2) is 0 Å². The van der Waals surface area contributed by atoms with Gasteiger partial charge in [-0.1, -0.05) is 0 Å². The van der Waals surface area contributed by atoms with Crippen molar-refractivity contribution in [2.24, 2.45) is 0 Å². The van der Waals surface area contributed by atoms with Crippen molar-refractivity contribution < 1.29 is 27.4 Å². The van der Waals surface area contributed by atoms with E-state index in [1.165, 1.54) is 0 Å². The minimum absolute atomic E-state index is 0. The van der Waals surface area contributed by atoms with Crippen LogP contribution in [0, 0.1) is 0 Å². The van der Waals surface area contributed by atoms with E-state index in [1.54, 1.807) is 0 Å². The molecule has 0 atom stereocenters. The Morgan fingerprint density at radius 3 is 1.29 bits per heavy atom. The first-order chi connectivity index (χ1) is 1.73. The number of carbonyl (C=O) groups excluding carboxylic acids is 1. The predicted molar refractivity (Wildman–Crippen MR) is 16.9 cm³/mol. The van der Waals surface area contributed by atoms with Gasteiger partial charge in [-0.2, -0.15) is 0 Å². The van der Waals surface area contributed by atoms with Crippen LogP contribution in [-0.4, -0.2) is 46.6 Å². The standard InChI is InChI=1S/CH2O3.Al.ClH.Mg/c2-1(3)4;;;/h(H2,2,3,4);;1H;/q;+3;;+2/p-3. The summed E-state index contributed by atoms with van der Waals surface area (Å²) in [6, 6.07) is 0. The summed E-state index contributed by atoms with van der Waals surface area (Å²) in [6.45, 7) is 0. The van der Waals surface area contributed by atoms with E-state index >= 15 is 0 Å². The van der Waals surface area contributed by atoms with Gasteiger partial charge < -0.3 is 27.4 Å². The average molecular weight is 147 g/mol. The molecule has 0 aliphatic heterocycles. The summed E-state index contributed by atoms with van der Waals surface area (Å²) in [4.78, 5) is 8.33. The molecule has 32 valence electrons. The normalized spacial score (nSPS) is 3.43. The fourth-order valence-corrected chi connectivity index (χ4v) is 0. The smallest absolute Gasteiger partial charge is 1.00 e. The van der Waals surface area contributed by atoms with Gasteiger partial charge in [-0.15, -0.1) is 0 Å². The minimum Gasteiger partial charge on any atom is -1.00 e. The van der Waals surface area contributed by atoms with Gasteiger partial charge in [0.05, 0.1) is 0 Å². The third kappa shape index (κ3) is 220. The van der Waals surface area contributed by atoms with Crippen LogP contribution in [0.1, 0.15) is 0 Å². The molecule has 7 heavy (non-hydrogen) atoms. The van der Waals surface area contributed by atoms with Crippen molar-refractivity contribution in [3.05, 3.63) is 0 Å². The van der Waals surface area contributed by atoms with E-state index in [2.05, 4.69) is 0 Å². The van der Waals surface area contributed by atoms with E-state index < -0.39 is 6.16 Å². The zero-order chi connectivity index (χ0) is 3.58. The number of carboxylic acid groups (broad SMARTS) is 2. The van der Waals surface area contributed by atoms with E-state index in [0.717, 1.165) is 0 Å². The maximum absolute atomic E-state index is 8.33. The number of hydrogen-bond donors (Lipinski definition) is 0. The zero-order valence-electron chi connectivity index (χ0n) is 3.39. The summed E-state index contributed by atoms with van der Waals surface area (Å²) in [5.74, 6) is 0. The Morgan fingerprint density at radius 1 is 1.29 bits per heavy atom. The van der Waals surface area contributed by atoms with Crippen molar-refractivity contribution >= 4 is 46.6 Å². The van der Waals surface area contributed by atoms with Crippen LogP contribution >= 0.6 is 0 Å². The largest absolute Gasteiger partial charge is 3.00 e. The molecule has 0 radical (unpaired) electrons. The van der Waals surface area contributed by atoms with Crippen LogP contribution in [0.25, 0.3) is 0 Å². The Labute approximate surface area is 73.8 Å². The van der Waals surface area contributed by atoms with E-state index in [0.29, 0.717) is 0 Å². The molecule has 0 amide bonds. The van der Waals surface area contributed by atoms with Gasteiger partial charge in [0.1, 0.15) is 0 Å². The molecule has 0 N–H and O–H groups in total. The molecule has 6 heteroatoms. The summed E-state index contributed by atoms with van der Waals surface area (Å²) in [6.07, 6.45) is -2.33. The van der Waals surface area contributed by atoms with Crippen LogP contribution in [0.3, 0.4) is 0 Å². The maximum Gasteiger partial charge on any atom is 3.00 e. The second kappa shape index (κ2) is 15.8. The number of halogens is 1. The van der Waals surface area contributed by atoms with Gasteiger partial charge in [-0.05, 0) is 6.16 Å². The molecule has 0 aliphatic rings. The topological polar surface area (TPSA) is 63.2 Å². The van der Waals surface area contributed by atoms with Gasteiger partial charge in [0, 0.05) is 0 Å². The van der Waals surface area contributed by atoms with Crippen molar-refractivity contribution in [2.45, 2.75) is 0 Å². The monoisotopic (exact) mass is 146 g/mol. The van der Waals surface area contributed by atoms with Crippen LogP contribution < -0.4 is 22.6 Å². The summed E-state index contributed by atoms with van der Waals surface area (Å²) in [5, 5.41) is 16.7. The van der Waals surface area contributed by atoms with Crippen molar-refractivity contribution in [1.82, 2.24) is 0 Å². The van der Waals surface area contributed by atoms with Crippen LogP contribution in [-0.2, 0) is 0 Å². The van der Waals surface area contributed by atoms with Crippen molar-refractivity contribution in [3.63, 3.8) is 0 Å². The first kappa shape index (κ1) is 24.8. The number of rotatable bonds is 0. The molecule has 0 saturated carbocycles. The number of carbonyl (C=O) groups is 1. The molecule has 0 unspecified atom stereocenters. The van der Waals surface area contributed by atoms with E-state index in [9.17, 15) is 0 Å². The van der Waals surface area contributed by atoms with Crippen LogP contribution in [0.5, 0.6) is 0 Å². The SMILES string of the molecule is O=C([O-])[O-].[Al+3].[Cl-].[Mg+2]. The van der Waals surface area contributed by atoms with Crippen molar-refractivity contribution in [2.75, 3.05) is 0 Å². The second-order valence-corrected chi connectivity index (χ2v) is 0.250. The van der Waals surface area contributed by atoms with Crippen molar-refractivity contribution in [1.29, 1.82) is 0 Å². The van der Waals surface area contributed by atoms with E-state index in [1.807, 2.05) is 0 Å². The fraction of sp³-hybridized carbons (Fsp3) is 0. The molecule has 0 saturated heterocycles. The zero-order valence-corrected chi connectivity index (χ0v) is 6.71. The summed E-state index contributed by atoms with van der Waals surface area (Å²) in [5.41, 5.74) is 0. The molecule has 0 aliphatic carbocycles. The summed E-state index contributed by atoms with van der Waals surface area (Å²) < 4.78 is 0. The van der Waals surface area contributed by atoms with Gasteiger partial charge >= 0.3 is 40.4 Å². The Balaban J connectivity index is -0.0000000150. The minimum atomic E-state index is -2.33. The molecule has 0 aromatic rings. The van der Waals surface area contributed by atoms with Gasteiger partial charge in [-0.3, -0.25) is 0 Å². The Bertz CT molecular complexity index is 37.9. The first-order valence-corrected chi connectivity index (χ1v) is 0.612. The molecule has 0 rings (SSSR count). The third-order valence-corrected chi connectivity index (χ3v) is 0. The van der Waals surface area contributed by atoms with E-state index in [-0.39, 0.29) is 52.8 Å². The molecular weight excluding hydrogens is 147 g/mol. The van der Waals surface area contributed by atoms with Crippen molar-refractivity contribution in [3.8, 4) is 0 Å². The molecule has 0 aromatic carbocycles. The first-order valence-electron chi connectivity index (χ1n) is 0.612. The molecule has 0 spiro atoms. The summed E-state index contributed by atoms with van der Waals surface area (Å²) in [7, 11) is 0. The molecule has 3 nitrogen and oxygen atoms in total. The Morgan fingerprint density at radius 2 is 1.29 bits per heavy atom. The molecule has 0 heterocycles. The Kier molecular flexibility index (Phi) is 56.1. The third-order valence-electron chi connectivity index (χ3n) is 0. The Hall–Kier alpha value is 0.859. The molecule has 0 bridgehead atoms. The average Bonchev–Trinajstić information content (AvgIpc) is 0.811. The quantitative estimate of drug-likeness (QED) is 0.320. The van der Waals surface area contributed by atoms with Gasteiger partial charge in [0.2, 0.25) is 0 Å². The van der Waals surface area contributed by atoms with Gasteiger partial charge in [-0.25, -0.2) is 0 Å².